The predicted octanol–water partition coefficient (Wildman–Crippen LogP) is 3.70. The van der Waals surface area contributed by atoms with Crippen molar-refractivity contribution in [2.24, 2.45) is 0 Å². The molecule has 0 atom stereocenters. The highest BCUT2D eigenvalue weighted by molar-refractivity contribution is 7.17. The maximum Gasteiger partial charge on any atom is 0.263 e. The topological polar surface area (TPSA) is 63.2 Å². The van der Waals surface area contributed by atoms with Crippen molar-refractivity contribution in [2.75, 3.05) is 26.2 Å². The number of amides is 1. The van der Waals surface area contributed by atoms with Crippen LogP contribution in [0.3, 0.4) is 0 Å². The summed E-state index contributed by atoms with van der Waals surface area (Å²) < 4.78 is 5.44. The molecule has 8 heteroatoms. The van der Waals surface area contributed by atoms with Crippen molar-refractivity contribution in [2.45, 2.75) is 20.8 Å². The van der Waals surface area contributed by atoms with Crippen molar-refractivity contribution in [3.05, 3.63) is 34.8 Å². The first-order valence-corrected chi connectivity index (χ1v) is 8.67. The second kappa shape index (κ2) is 12.1. The van der Waals surface area contributed by atoms with Gasteiger partial charge in [-0.05, 0) is 44.7 Å². The number of halogens is 2. The third-order valence-corrected chi connectivity index (χ3v) is 4.46. The van der Waals surface area contributed by atoms with Crippen LogP contribution in [-0.4, -0.2) is 37.1 Å². The standard InChI is InChI=1S/C17H23N3O2S.2ClH/c1-4-18-10-11-19-16(21)15-12(3)20-17(23-15)13-6-8-14(9-7-13)22-5-2;;/h6-9,18H,4-5,10-11H2,1-3H3,(H,19,21);2*1H. The molecule has 0 radical (unpaired) electrons. The molecule has 25 heavy (non-hydrogen) atoms. The van der Waals surface area contributed by atoms with E-state index in [9.17, 15) is 4.79 Å². The van der Waals surface area contributed by atoms with Crippen LogP contribution in [-0.2, 0) is 0 Å². The smallest absolute Gasteiger partial charge is 0.263 e. The SMILES string of the molecule is CCNCCNC(=O)c1sc(-c2ccc(OCC)cc2)nc1C.Cl.Cl. The van der Waals surface area contributed by atoms with Gasteiger partial charge in [0.25, 0.3) is 5.91 Å². The number of rotatable bonds is 8. The molecule has 1 heterocycles. The molecule has 0 spiro atoms. The Morgan fingerprint density at radius 1 is 1.16 bits per heavy atom. The van der Waals surface area contributed by atoms with Crippen LogP contribution >= 0.6 is 36.2 Å². The van der Waals surface area contributed by atoms with Gasteiger partial charge in [-0.15, -0.1) is 36.2 Å². The summed E-state index contributed by atoms with van der Waals surface area (Å²) in [6, 6.07) is 7.78. The van der Waals surface area contributed by atoms with E-state index in [2.05, 4.69) is 15.6 Å². The van der Waals surface area contributed by atoms with E-state index in [-0.39, 0.29) is 30.7 Å². The lowest BCUT2D eigenvalue weighted by Crippen LogP contribution is -2.31. The highest BCUT2D eigenvalue weighted by Crippen LogP contribution is 2.29. The largest absolute Gasteiger partial charge is 0.494 e. The van der Waals surface area contributed by atoms with Crippen LogP contribution in [0.15, 0.2) is 24.3 Å². The zero-order valence-corrected chi connectivity index (χ0v) is 17.1. The molecule has 2 N–H and O–H groups in total. The first-order valence-electron chi connectivity index (χ1n) is 7.85. The van der Waals surface area contributed by atoms with Crippen LogP contribution in [0.5, 0.6) is 5.75 Å². The Bertz CT molecular complexity index is 648. The molecule has 1 aromatic carbocycles. The second-order valence-electron chi connectivity index (χ2n) is 5.00. The zero-order valence-electron chi connectivity index (χ0n) is 14.6. The van der Waals surface area contributed by atoms with Gasteiger partial charge in [0.2, 0.25) is 0 Å². The molecule has 0 fully saturated rings. The number of benzene rings is 1. The van der Waals surface area contributed by atoms with Crippen LogP contribution in [0, 0.1) is 6.92 Å². The summed E-state index contributed by atoms with van der Waals surface area (Å²) in [5.41, 5.74) is 1.76. The van der Waals surface area contributed by atoms with E-state index < -0.39 is 0 Å². The van der Waals surface area contributed by atoms with Gasteiger partial charge < -0.3 is 15.4 Å². The van der Waals surface area contributed by atoms with Gasteiger partial charge >= 0.3 is 0 Å². The lowest BCUT2D eigenvalue weighted by molar-refractivity contribution is 0.0957. The Labute approximate surface area is 165 Å². The number of aromatic nitrogens is 1. The Morgan fingerprint density at radius 3 is 2.44 bits per heavy atom. The van der Waals surface area contributed by atoms with E-state index in [0.29, 0.717) is 18.0 Å². The van der Waals surface area contributed by atoms with Gasteiger partial charge in [0.05, 0.1) is 12.3 Å². The van der Waals surface area contributed by atoms with Gasteiger partial charge in [-0.25, -0.2) is 4.98 Å². The van der Waals surface area contributed by atoms with E-state index in [4.69, 9.17) is 4.74 Å². The molecule has 5 nitrogen and oxygen atoms in total. The van der Waals surface area contributed by atoms with Crippen LogP contribution in [0.25, 0.3) is 10.6 Å². The fraction of sp³-hybridized carbons (Fsp3) is 0.412. The summed E-state index contributed by atoms with van der Waals surface area (Å²) in [4.78, 5) is 17.4. The van der Waals surface area contributed by atoms with Gasteiger partial charge in [-0.2, -0.15) is 0 Å². The van der Waals surface area contributed by atoms with Crippen molar-refractivity contribution >= 4 is 42.1 Å². The first-order chi connectivity index (χ1) is 11.2. The maximum absolute atomic E-state index is 12.2. The van der Waals surface area contributed by atoms with E-state index in [1.165, 1.54) is 11.3 Å². The number of nitrogens with zero attached hydrogens (tertiary/aromatic N) is 1. The summed E-state index contributed by atoms with van der Waals surface area (Å²) in [6.07, 6.45) is 0. The summed E-state index contributed by atoms with van der Waals surface area (Å²) in [6.45, 7) is 8.80. The molecule has 1 aromatic heterocycles. The number of likely N-dealkylation sites (N-methyl/N-ethyl adjacent to an activating group) is 1. The predicted molar refractivity (Wildman–Crippen MR) is 109 cm³/mol. The lowest BCUT2D eigenvalue weighted by Gasteiger charge is -2.04. The average molecular weight is 406 g/mol. The Kier molecular flexibility index (Phi) is 11.4. The van der Waals surface area contributed by atoms with Crippen molar-refractivity contribution in [3.63, 3.8) is 0 Å². The number of carbonyl (C=O) groups is 1. The number of hydrogen-bond donors (Lipinski definition) is 2. The van der Waals surface area contributed by atoms with E-state index in [0.717, 1.165) is 35.1 Å². The zero-order chi connectivity index (χ0) is 16.7. The fourth-order valence-electron chi connectivity index (χ4n) is 2.11. The molecule has 2 rings (SSSR count). The highest BCUT2D eigenvalue weighted by atomic mass is 35.5. The number of thiazole rings is 1. The molecule has 0 aliphatic heterocycles. The number of hydrogen-bond acceptors (Lipinski definition) is 5. The summed E-state index contributed by atoms with van der Waals surface area (Å²) in [5.74, 6) is 0.779. The molecule has 1 amide bonds. The van der Waals surface area contributed by atoms with Gasteiger partial charge in [0.15, 0.2) is 0 Å². The molecule has 0 aliphatic rings. The molecular weight excluding hydrogens is 381 g/mol. The number of aryl methyl sites for hydroxylation is 1. The van der Waals surface area contributed by atoms with E-state index in [1.807, 2.05) is 45.0 Å². The molecule has 0 saturated carbocycles. The van der Waals surface area contributed by atoms with Gasteiger partial charge in [0.1, 0.15) is 15.6 Å². The van der Waals surface area contributed by atoms with Crippen LogP contribution < -0.4 is 15.4 Å². The normalized spacial score (nSPS) is 9.72. The Morgan fingerprint density at radius 2 is 1.84 bits per heavy atom. The number of ether oxygens (including phenoxy) is 1. The van der Waals surface area contributed by atoms with E-state index >= 15 is 0 Å². The van der Waals surface area contributed by atoms with Gasteiger partial charge in [-0.3, -0.25) is 4.79 Å². The maximum atomic E-state index is 12.2. The van der Waals surface area contributed by atoms with Crippen molar-refractivity contribution < 1.29 is 9.53 Å². The first kappa shape index (κ1) is 23.7. The lowest BCUT2D eigenvalue weighted by atomic mass is 10.2. The van der Waals surface area contributed by atoms with Crippen LogP contribution in [0.4, 0.5) is 0 Å². The van der Waals surface area contributed by atoms with Crippen LogP contribution in [0.2, 0.25) is 0 Å². The third kappa shape index (κ3) is 6.82. The molecule has 0 saturated heterocycles. The Balaban J connectivity index is 0.00000288. The average Bonchev–Trinajstić information content (AvgIpc) is 2.94. The summed E-state index contributed by atoms with van der Waals surface area (Å²) in [7, 11) is 0. The molecule has 2 aromatic rings. The number of nitrogens with one attached hydrogen (secondary N) is 2. The molecule has 140 valence electrons. The third-order valence-electron chi connectivity index (χ3n) is 3.25. The van der Waals surface area contributed by atoms with Gasteiger partial charge in [-0.1, -0.05) is 6.92 Å². The quantitative estimate of drug-likeness (QED) is 0.657. The molecule has 0 unspecified atom stereocenters. The van der Waals surface area contributed by atoms with Gasteiger partial charge in [0, 0.05) is 18.7 Å². The molecule has 0 bridgehead atoms. The summed E-state index contributed by atoms with van der Waals surface area (Å²) >= 11 is 1.42. The minimum atomic E-state index is -0.0601. The fourth-order valence-corrected chi connectivity index (χ4v) is 3.10. The summed E-state index contributed by atoms with van der Waals surface area (Å²) in [5, 5.41) is 6.94. The van der Waals surface area contributed by atoms with Crippen molar-refractivity contribution in [3.8, 4) is 16.3 Å². The minimum Gasteiger partial charge on any atom is -0.494 e. The second-order valence-corrected chi connectivity index (χ2v) is 6.00. The molecular formula is C17H25Cl2N3O2S. The monoisotopic (exact) mass is 405 g/mol. The Hall–Kier alpha value is -1.34. The highest BCUT2D eigenvalue weighted by Gasteiger charge is 2.15. The number of carbonyl (C=O) groups excluding carboxylic acids is 1. The van der Waals surface area contributed by atoms with Crippen molar-refractivity contribution in [1.29, 1.82) is 0 Å². The van der Waals surface area contributed by atoms with Crippen LogP contribution in [0.1, 0.15) is 29.2 Å². The molecule has 0 aliphatic carbocycles. The minimum absolute atomic E-state index is 0. The van der Waals surface area contributed by atoms with Crippen molar-refractivity contribution in [1.82, 2.24) is 15.6 Å². The van der Waals surface area contributed by atoms with E-state index in [1.54, 1.807) is 0 Å².